The third-order valence-corrected chi connectivity index (χ3v) is 6.60. The van der Waals surface area contributed by atoms with Gasteiger partial charge in [0, 0.05) is 12.0 Å². The third kappa shape index (κ3) is 8.07. The number of carboxylic acids is 1. The number of hydrogen-bond donors (Lipinski definition) is 2. The summed E-state index contributed by atoms with van der Waals surface area (Å²) in [6.45, 7) is 2.70. The fourth-order valence-electron chi connectivity index (χ4n) is 4.37. The molecule has 0 spiro atoms. The number of carbonyl (C=O) groups excluding carboxylic acids is 1. The summed E-state index contributed by atoms with van der Waals surface area (Å²) in [6, 6.07) is 30.0. The number of aryl methyl sites for hydroxylation is 1. The molecule has 1 heterocycles. The molecule has 0 aliphatic rings. The van der Waals surface area contributed by atoms with Crippen LogP contribution in [0, 0.1) is 6.92 Å². The van der Waals surface area contributed by atoms with Gasteiger partial charge in [-0.25, -0.2) is 14.8 Å². The number of aliphatic carboxylic acids is 1. The summed E-state index contributed by atoms with van der Waals surface area (Å²) in [5, 5.41) is 12.4. The van der Waals surface area contributed by atoms with Crippen molar-refractivity contribution < 1.29 is 28.9 Å². The minimum Gasteiger partial charge on any atom is -0.490 e. The van der Waals surface area contributed by atoms with Crippen LogP contribution >= 0.6 is 0 Å². The molecule has 9 heteroatoms. The Hall–Kier alpha value is -5.44. The second-order valence-electron chi connectivity index (χ2n) is 9.81. The molecular formula is C34H31N3O6. The highest BCUT2D eigenvalue weighted by atomic mass is 16.5. The molecule has 0 saturated heterocycles. The Morgan fingerprint density at radius 2 is 1.44 bits per heavy atom. The molecule has 2 N–H and O–H groups in total. The van der Waals surface area contributed by atoms with Crippen LogP contribution in [-0.2, 0) is 17.8 Å². The van der Waals surface area contributed by atoms with E-state index < -0.39 is 17.9 Å². The highest BCUT2D eigenvalue weighted by Crippen LogP contribution is 2.19. The molecule has 1 atom stereocenters. The maximum absolute atomic E-state index is 12.9. The van der Waals surface area contributed by atoms with Gasteiger partial charge in [-0.05, 0) is 60.5 Å². The van der Waals surface area contributed by atoms with Gasteiger partial charge in [-0.1, -0.05) is 60.7 Å². The van der Waals surface area contributed by atoms with E-state index in [1.165, 1.54) is 0 Å². The number of rotatable bonds is 13. The molecule has 0 radical (unpaired) electrons. The Morgan fingerprint density at radius 3 is 2.19 bits per heavy atom. The highest BCUT2D eigenvalue weighted by Gasteiger charge is 2.21. The molecular weight excluding hydrogens is 546 g/mol. The van der Waals surface area contributed by atoms with Crippen LogP contribution in [-0.4, -0.2) is 46.2 Å². The van der Waals surface area contributed by atoms with Gasteiger partial charge >= 0.3 is 5.97 Å². The predicted octanol–water partition coefficient (Wildman–Crippen LogP) is 5.40. The van der Waals surface area contributed by atoms with Crippen molar-refractivity contribution in [3.05, 3.63) is 126 Å². The molecule has 0 aliphatic carbocycles. The molecule has 1 aromatic heterocycles. The van der Waals surface area contributed by atoms with E-state index >= 15 is 0 Å². The van der Waals surface area contributed by atoms with Crippen LogP contribution in [0.1, 0.15) is 27.2 Å². The Morgan fingerprint density at radius 1 is 0.744 bits per heavy atom. The summed E-state index contributed by atoms with van der Waals surface area (Å²) < 4.78 is 17.3. The molecule has 43 heavy (non-hydrogen) atoms. The van der Waals surface area contributed by atoms with E-state index in [-0.39, 0.29) is 25.2 Å². The number of hydrogen-bond acceptors (Lipinski definition) is 7. The number of ether oxygens (including phenoxy) is 3. The van der Waals surface area contributed by atoms with E-state index in [1.54, 1.807) is 48.5 Å². The van der Waals surface area contributed by atoms with E-state index in [9.17, 15) is 14.7 Å². The van der Waals surface area contributed by atoms with Crippen molar-refractivity contribution >= 4 is 22.9 Å². The van der Waals surface area contributed by atoms with Crippen LogP contribution in [0.4, 0.5) is 0 Å². The lowest BCUT2D eigenvalue weighted by Gasteiger charge is -2.16. The largest absolute Gasteiger partial charge is 0.490 e. The van der Waals surface area contributed by atoms with Crippen LogP contribution in [0.3, 0.4) is 0 Å². The zero-order chi connectivity index (χ0) is 30.0. The van der Waals surface area contributed by atoms with E-state index in [2.05, 4.69) is 15.3 Å². The number of fused-ring (bicyclic) bond motifs is 1. The maximum Gasteiger partial charge on any atom is 0.326 e. The van der Waals surface area contributed by atoms with Gasteiger partial charge in [0.1, 0.15) is 43.1 Å². The normalized spacial score (nSPS) is 11.5. The lowest BCUT2D eigenvalue weighted by atomic mass is 10.1. The first-order chi connectivity index (χ1) is 20.9. The number of amides is 1. The van der Waals surface area contributed by atoms with E-state index in [4.69, 9.17) is 14.2 Å². The summed E-state index contributed by atoms with van der Waals surface area (Å²) in [7, 11) is 0. The predicted molar refractivity (Wildman–Crippen MR) is 162 cm³/mol. The van der Waals surface area contributed by atoms with Gasteiger partial charge in [0.2, 0.25) is 5.88 Å². The van der Waals surface area contributed by atoms with Crippen LogP contribution in [0.15, 0.2) is 103 Å². The van der Waals surface area contributed by atoms with E-state index in [0.29, 0.717) is 29.7 Å². The van der Waals surface area contributed by atoms with E-state index in [1.807, 2.05) is 61.5 Å². The molecule has 4 aromatic carbocycles. The average molecular weight is 578 g/mol. The molecule has 0 unspecified atom stereocenters. The zero-order valence-corrected chi connectivity index (χ0v) is 23.6. The SMILES string of the molecule is Cc1nc2ccccc2nc1OCCOc1cccc(C(=O)N[C@@H](Cc2ccc(OCc3ccccc3)cc2)C(=O)O)c1. The monoisotopic (exact) mass is 577 g/mol. The lowest BCUT2D eigenvalue weighted by Crippen LogP contribution is -2.42. The van der Waals surface area contributed by atoms with Crippen molar-refractivity contribution in [2.75, 3.05) is 13.2 Å². The Balaban J connectivity index is 1.12. The summed E-state index contributed by atoms with van der Waals surface area (Å²) >= 11 is 0. The lowest BCUT2D eigenvalue weighted by molar-refractivity contribution is -0.139. The maximum atomic E-state index is 12.9. The average Bonchev–Trinajstić information content (AvgIpc) is 3.03. The molecule has 5 rings (SSSR count). The van der Waals surface area contributed by atoms with Gasteiger partial charge in [0.15, 0.2) is 0 Å². The highest BCUT2D eigenvalue weighted by molar-refractivity contribution is 5.97. The first-order valence-electron chi connectivity index (χ1n) is 13.8. The van der Waals surface area contributed by atoms with Crippen LogP contribution in [0.25, 0.3) is 11.0 Å². The fourth-order valence-corrected chi connectivity index (χ4v) is 4.37. The van der Waals surface area contributed by atoms with Crippen LogP contribution < -0.4 is 19.5 Å². The Labute approximate surface area is 249 Å². The topological polar surface area (TPSA) is 120 Å². The van der Waals surface area contributed by atoms with Crippen molar-refractivity contribution in [3.8, 4) is 17.4 Å². The van der Waals surface area contributed by atoms with Gasteiger partial charge in [-0.15, -0.1) is 0 Å². The molecule has 0 saturated carbocycles. The molecule has 0 bridgehead atoms. The first kappa shape index (κ1) is 29.1. The number of carbonyl (C=O) groups is 2. The van der Waals surface area contributed by atoms with Gasteiger partial charge in [0.05, 0.1) is 11.0 Å². The van der Waals surface area contributed by atoms with Gasteiger partial charge in [0.25, 0.3) is 5.91 Å². The summed E-state index contributed by atoms with van der Waals surface area (Å²) in [6.07, 6.45) is 0.116. The number of aromatic nitrogens is 2. The molecule has 9 nitrogen and oxygen atoms in total. The quantitative estimate of drug-likeness (QED) is 0.179. The molecule has 1 amide bonds. The number of nitrogens with one attached hydrogen (secondary N) is 1. The van der Waals surface area contributed by atoms with E-state index in [0.717, 1.165) is 22.2 Å². The van der Waals surface area contributed by atoms with Gasteiger partial charge in [-0.3, -0.25) is 4.79 Å². The molecule has 5 aromatic rings. The minimum absolute atomic E-state index is 0.116. The molecule has 0 fully saturated rings. The second-order valence-corrected chi connectivity index (χ2v) is 9.81. The summed E-state index contributed by atoms with van der Waals surface area (Å²) in [4.78, 5) is 33.9. The van der Waals surface area contributed by atoms with Crippen molar-refractivity contribution in [1.82, 2.24) is 15.3 Å². The summed E-state index contributed by atoms with van der Waals surface area (Å²) in [5.74, 6) is -0.0838. The standard InChI is InChI=1S/C34H31N3O6/c1-23-33(37-30-13-6-5-12-29(30)35-23)42-19-18-41-28-11-7-10-26(21-28)32(38)36-31(34(39)40)20-24-14-16-27(17-15-24)43-22-25-8-3-2-4-9-25/h2-17,21,31H,18-20,22H2,1H3,(H,36,38)(H,39,40)/t31-/m0/s1. The smallest absolute Gasteiger partial charge is 0.326 e. The van der Waals surface area contributed by atoms with Crippen molar-refractivity contribution in [2.45, 2.75) is 26.0 Å². The number of carboxylic acid groups (broad SMARTS) is 1. The number of para-hydroxylation sites is 2. The fraction of sp³-hybridized carbons (Fsp3) is 0.176. The number of nitrogens with zero attached hydrogens (tertiary/aromatic N) is 2. The van der Waals surface area contributed by atoms with Crippen molar-refractivity contribution in [3.63, 3.8) is 0 Å². The summed E-state index contributed by atoms with van der Waals surface area (Å²) in [5.41, 5.74) is 4.30. The Kier molecular flexibility index (Phi) is 9.43. The zero-order valence-electron chi connectivity index (χ0n) is 23.6. The van der Waals surface area contributed by atoms with Gasteiger partial charge in [-0.2, -0.15) is 0 Å². The van der Waals surface area contributed by atoms with Crippen LogP contribution in [0.2, 0.25) is 0 Å². The Bertz CT molecular complexity index is 1690. The molecule has 0 aliphatic heterocycles. The van der Waals surface area contributed by atoms with Crippen molar-refractivity contribution in [2.24, 2.45) is 0 Å². The number of benzene rings is 4. The molecule has 218 valence electrons. The first-order valence-corrected chi connectivity index (χ1v) is 13.8. The second kappa shape index (κ2) is 14.0. The van der Waals surface area contributed by atoms with Crippen LogP contribution in [0.5, 0.6) is 17.4 Å². The van der Waals surface area contributed by atoms with Gasteiger partial charge < -0.3 is 24.6 Å². The minimum atomic E-state index is -1.13. The third-order valence-electron chi connectivity index (χ3n) is 6.60. The van der Waals surface area contributed by atoms with Crippen molar-refractivity contribution in [1.29, 1.82) is 0 Å².